The van der Waals surface area contributed by atoms with Crippen LogP contribution in [0.25, 0.3) is 43.1 Å². The van der Waals surface area contributed by atoms with Crippen LogP contribution in [0.2, 0.25) is 0 Å². The maximum absolute atomic E-state index is 17.3. The van der Waals surface area contributed by atoms with Crippen LogP contribution in [-0.2, 0) is 0 Å². The Labute approximate surface area is 356 Å². The van der Waals surface area contributed by atoms with Gasteiger partial charge in [0.1, 0.15) is 0 Å². The molecule has 29 heteroatoms. The van der Waals surface area contributed by atoms with Gasteiger partial charge in [-0.25, -0.2) is 105 Å². The number of halogens is 28. The van der Waals surface area contributed by atoms with Gasteiger partial charge in [-0.1, -0.05) is 0 Å². The number of hydrogen-bond acceptors (Lipinski definition) is 0. The second-order valence-corrected chi connectivity index (χ2v) is 13.9. The average Bonchev–Trinajstić information content (AvgIpc) is 3.31. The normalized spacial score (nSPS) is 12.3. The molecule has 8 aromatic carbocycles. The molecule has 0 saturated carbocycles. The summed E-state index contributed by atoms with van der Waals surface area (Å²) in [6, 6.07) is 0. The van der Waals surface area contributed by atoms with Crippen molar-refractivity contribution in [3.8, 4) is 0 Å². The van der Waals surface area contributed by atoms with Crippen LogP contribution in [0, 0.1) is 163 Å². The van der Waals surface area contributed by atoms with Crippen LogP contribution in [0.4, 0.5) is 146 Å². The van der Waals surface area contributed by atoms with E-state index in [0.29, 0.717) is 0 Å². The van der Waals surface area contributed by atoms with E-state index in [-0.39, 0.29) is 0 Å². The topological polar surface area (TPSA) is 0 Å². The first-order valence-corrected chi connectivity index (χ1v) is 17.2. The molecule has 1 nitrogen and oxygen atoms in total. The van der Waals surface area contributed by atoms with E-state index in [1.54, 1.807) is 0 Å². The molecule has 0 bridgehead atoms. The molecule has 0 fully saturated rings. The molecule has 0 saturated heterocycles. The summed E-state index contributed by atoms with van der Waals surface area (Å²) in [6.07, 6.45) is 0. The molecule has 0 unspecified atom stereocenters. The molecule has 8 rings (SSSR count). The van der Waals surface area contributed by atoms with Crippen molar-refractivity contribution in [1.82, 2.24) is 4.48 Å². The fourth-order valence-corrected chi connectivity index (χ4v) is 7.85. The highest BCUT2D eigenvalue weighted by atomic mass is 19.2. The van der Waals surface area contributed by atoms with Crippen LogP contribution in [0.3, 0.4) is 0 Å². The third-order valence-electron chi connectivity index (χ3n) is 10.6. The van der Waals surface area contributed by atoms with Crippen molar-refractivity contribution in [2.75, 3.05) is 0 Å². The minimum atomic E-state index is -5.44. The maximum Gasteiger partial charge on any atom is 0.224 e. The van der Waals surface area contributed by atoms with E-state index in [1.807, 2.05) is 0 Å². The Morgan fingerprint density at radius 3 is 0.348 bits per heavy atom. The van der Waals surface area contributed by atoms with Gasteiger partial charge in [0.05, 0.1) is 43.1 Å². The Morgan fingerprint density at radius 1 is 0.116 bits per heavy atom. The molecule has 360 valence electrons. The summed E-state index contributed by atoms with van der Waals surface area (Å²) in [5.41, 5.74) is -16.0. The molecule has 0 spiro atoms. The van der Waals surface area contributed by atoms with Crippen molar-refractivity contribution in [3.05, 3.63) is 163 Å². The van der Waals surface area contributed by atoms with Crippen LogP contribution < -0.4 is 4.48 Å². The summed E-state index contributed by atoms with van der Waals surface area (Å²) in [5.74, 6) is -105. The third kappa shape index (κ3) is 5.66. The fraction of sp³-hybridized carbons (Fsp3) is 0. The van der Waals surface area contributed by atoms with Gasteiger partial charge >= 0.3 is 0 Å². The van der Waals surface area contributed by atoms with Gasteiger partial charge in [-0.15, -0.1) is 0 Å². The minimum Gasteiger partial charge on any atom is -0.203 e. The lowest BCUT2D eigenvalue weighted by Crippen LogP contribution is -2.40. The molecule has 0 aromatic heterocycles. The number of hydrogen-bond donors (Lipinski definition) is 0. The van der Waals surface area contributed by atoms with Crippen molar-refractivity contribution < 1.29 is 123 Å². The zero-order valence-corrected chi connectivity index (χ0v) is 31.0. The zero-order chi connectivity index (χ0) is 51.6. The Hall–Kier alpha value is -7.20. The standard InChI is InChI=1S/C40F28N/c41-9-1-5(17(49)25(57)21(9)53)37(33(65)29(61)13(1)45)69(38-6-2(14(46)30(62)34(38)66)10(42)22(54)26(58)18(6)50,39-7-3(15(47)31(63)35(39)67)11(43)23(55)27(59)19(7)51)40-8-4(16(48)32(64)36(40)68)12(44)24(56)28(60)20(8)52/q+1. The molecular formula is C40F28N+. The highest BCUT2D eigenvalue weighted by molar-refractivity contribution is 6.14. The minimum absolute atomic E-state index is 3.30. The molecule has 0 amide bonds. The van der Waals surface area contributed by atoms with Gasteiger partial charge in [0, 0.05) is 0 Å². The SMILES string of the molecule is Fc1c(F)c(F)c2c([N+](c3c(F)c(F)c(F)c4c(F)c(F)c(F)c(F)c34)(c3c(F)c(F)c(F)c4c(F)c(F)c(F)c(F)c34)c3c(F)c(F)c(F)c4c(F)c(F)c(F)c(F)c34)c(F)c(F)c(F)c2c1F. The lowest BCUT2D eigenvalue weighted by atomic mass is 9.91. The lowest BCUT2D eigenvalue weighted by molar-refractivity contribution is 0.392. The first-order valence-electron chi connectivity index (χ1n) is 17.2. The van der Waals surface area contributed by atoms with Crippen molar-refractivity contribution in [2.24, 2.45) is 0 Å². The van der Waals surface area contributed by atoms with Crippen LogP contribution in [0.5, 0.6) is 0 Å². The Morgan fingerprint density at radius 2 is 0.217 bits per heavy atom. The average molecular weight is 1030 g/mol. The highest BCUT2D eigenvalue weighted by Crippen LogP contribution is 2.65. The second kappa shape index (κ2) is 15.4. The molecular weight excluding hydrogens is 1030 g/mol. The van der Waals surface area contributed by atoms with Gasteiger partial charge in [-0.05, 0) is 0 Å². The lowest BCUT2D eigenvalue weighted by Gasteiger charge is -2.40. The quantitative estimate of drug-likeness (QED) is 0.0713. The Bertz CT molecular complexity index is 3250. The maximum atomic E-state index is 17.3. The van der Waals surface area contributed by atoms with Gasteiger partial charge in [-0.3, -0.25) is 0 Å². The smallest absolute Gasteiger partial charge is 0.203 e. The number of rotatable bonds is 4. The highest BCUT2D eigenvalue weighted by Gasteiger charge is 2.59. The summed E-state index contributed by atoms with van der Waals surface area (Å²) in [6.45, 7) is 0. The first-order chi connectivity index (χ1) is 32.0. The van der Waals surface area contributed by atoms with Crippen molar-refractivity contribution in [1.29, 1.82) is 0 Å². The predicted molar refractivity (Wildman–Crippen MR) is 175 cm³/mol. The van der Waals surface area contributed by atoms with E-state index in [2.05, 4.69) is 0 Å². The van der Waals surface area contributed by atoms with E-state index in [4.69, 9.17) is 0 Å². The van der Waals surface area contributed by atoms with Gasteiger partial charge in [0.15, 0.2) is 139 Å². The van der Waals surface area contributed by atoms with E-state index in [9.17, 15) is 17.6 Å². The molecule has 0 radical (unpaired) electrons. The van der Waals surface area contributed by atoms with Gasteiger partial charge in [-0.2, -0.15) is 22.0 Å². The summed E-state index contributed by atoms with van der Waals surface area (Å²) < 4.78 is 440. The van der Waals surface area contributed by atoms with Gasteiger partial charge < -0.3 is 0 Å². The van der Waals surface area contributed by atoms with Gasteiger partial charge in [0.25, 0.3) is 0 Å². The number of benzene rings is 8. The van der Waals surface area contributed by atoms with Crippen LogP contribution in [0.1, 0.15) is 0 Å². The van der Waals surface area contributed by atoms with Gasteiger partial charge in [0.2, 0.25) is 46.5 Å². The second-order valence-electron chi connectivity index (χ2n) is 13.9. The fourth-order valence-electron chi connectivity index (χ4n) is 7.85. The molecule has 8 aromatic rings. The Balaban J connectivity index is 2.06. The first kappa shape index (κ1) is 48.3. The van der Waals surface area contributed by atoms with E-state index in [0.717, 1.165) is 0 Å². The predicted octanol–water partition coefficient (Wildman–Crippen LogP) is 15.5. The largest absolute Gasteiger partial charge is 0.224 e. The Kier molecular flexibility index (Phi) is 10.8. The van der Waals surface area contributed by atoms with E-state index in [1.165, 1.54) is 0 Å². The van der Waals surface area contributed by atoms with Crippen molar-refractivity contribution in [3.63, 3.8) is 0 Å². The van der Waals surface area contributed by atoms with Crippen molar-refractivity contribution in [2.45, 2.75) is 0 Å². The number of fused-ring (bicyclic) bond motifs is 4. The summed E-state index contributed by atoms with van der Waals surface area (Å²) >= 11 is 0. The summed E-state index contributed by atoms with van der Waals surface area (Å²) in [5, 5.41) is -27.3. The van der Waals surface area contributed by atoms with Crippen LogP contribution >= 0.6 is 0 Å². The molecule has 0 aliphatic heterocycles. The zero-order valence-electron chi connectivity index (χ0n) is 31.0. The molecule has 0 aliphatic carbocycles. The van der Waals surface area contributed by atoms with Crippen molar-refractivity contribution >= 4 is 65.8 Å². The monoisotopic (exact) mass is 1030 g/mol. The van der Waals surface area contributed by atoms with Crippen LogP contribution in [0.15, 0.2) is 0 Å². The molecule has 0 N–H and O–H groups in total. The van der Waals surface area contributed by atoms with E-state index >= 15 is 105 Å². The third-order valence-corrected chi connectivity index (χ3v) is 10.6. The molecule has 0 aliphatic rings. The molecule has 69 heavy (non-hydrogen) atoms. The number of quaternary nitrogens is 1. The molecule has 0 heterocycles. The molecule has 0 atom stereocenters. The van der Waals surface area contributed by atoms with E-state index < -0.39 is 233 Å². The summed E-state index contributed by atoms with van der Waals surface area (Å²) in [7, 11) is 0. The van der Waals surface area contributed by atoms with Crippen LogP contribution in [-0.4, -0.2) is 0 Å². The summed E-state index contributed by atoms with van der Waals surface area (Å²) in [4.78, 5) is 0. The number of nitrogens with zero attached hydrogens (tertiary/aromatic N) is 1.